The number of aryl methyl sites for hydroxylation is 1. The molecule has 14 heavy (non-hydrogen) atoms. The predicted octanol–water partition coefficient (Wildman–Crippen LogP) is 2.42. The van der Waals surface area contributed by atoms with E-state index in [4.69, 9.17) is 0 Å². The summed E-state index contributed by atoms with van der Waals surface area (Å²) in [4.78, 5) is 11.6. The standard InChI is InChI=1S/C11H13N3/c1-2-4-11-13-8-10(14-11)9-5-3-6-12-7-9/h3,5-8H,2,4H2,1H3,(H,13,14). The molecule has 3 heteroatoms. The molecule has 1 N–H and O–H groups in total. The van der Waals surface area contributed by atoms with E-state index in [1.54, 1.807) is 6.20 Å². The number of aromatic nitrogens is 3. The lowest BCUT2D eigenvalue weighted by Crippen LogP contribution is -1.85. The van der Waals surface area contributed by atoms with E-state index in [0.29, 0.717) is 0 Å². The highest BCUT2D eigenvalue weighted by atomic mass is 14.9. The summed E-state index contributed by atoms with van der Waals surface area (Å²) >= 11 is 0. The quantitative estimate of drug-likeness (QED) is 0.801. The minimum atomic E-state index is 1.00. The van der Waals surface area contributed by atoms with Crippen LogP contribution in [0.4, 0.5) is 0 Å². The lowest BCUT2D eigenvalue weighted by molar-refractivity contribution is 0.857. The van der Waals surface area contributed by atoms with Gasteiger partial charge in [-0.15, -0.1) is 0 Å². The monoisotopic (exact) mass is 187 g/mol. The second-order valence-corrected chi connectivity index (χ2v) is 3.24. The predicted molar refractivity (Wildman–Crippen MR) is 55.8 cm³/mol. The molecular weight excluding hydrogens is 174 g/mol. The first-order chi connectivity index (χ1) is 6.90. The van der Waals surface area contributed by atoms with E-state index < -0.39 is 0 Å². The molecular formula is C11H13N3. The molecule has 2 aromatic heterocycles. The number of aromatic amines is 1. The molecule has 2 aromatic rings. The molecule has 0 amide bonds. The molecule has 0 aliphatic rings. The van der Waals surface area contributed by atoms with Crippen LogP contribution in [0.1, 0.15) is 19.2 Å². The fourth-order valence-electron chi connectivity index (χ4n) is 1.40. The zero-order valence-corrected chi connectivity index (χ0v) is 8.20. The molecule has 0 unspecified atom stereocenters. The molecule has 2 rings (SSSR count). The van der Waals surface area contributed by atoms with Crippen molar-refractivity contribution in [3.63, 3.8) is 0 Å². The first-order valence-electron chi connectivity index (χ1n) is 4.84. The van der Waals surface area contributed by atoms with Gasteiger partial charge >= 0.3 is 0 Å². The second kappa shape index (κ2) is 4.05. The van der Waals surface area contributed by atoms with Crippen LogP contribution in [0.25, 0.3) is 11.3 Å². The van der Waals surface area contributed by atoms with Gasteiger partial charge in [0.15, 0.2) is 0 Å². The van der Waals surface area contributed by atoms with Gasteiger partial charge in [-0.05, 0) is 18.6 Å². The van der Waals surface area contributed by atoms with Gasteiger partial charge in [-0.2, -0.15) is 0 Å². The van der Waals surface area contributed by atoms with Crippen LogP contribution in [0.5, 0.6) is 0 Å². The van der Waals surface area contributed by atoms with Crippen molar-refractivity contribution in [3.05, 3.63) is 36.5 Å². The van der Waals surface area contributed by atoms with Crippen LogP contribution in [0, 0.1) is 0 Å². The number of imidazole rings is 1. The lowest BCUT2D eigenvalue weighted by atomic mass is 10.2. The summed E-state index contributed by atoms with van der Waals surface area (Å²) in [5, 5.41) is 0. The Hall–Kier alpha value is -1.64. The van der Waals surface area contributed by atoms with Crippen molar-refractivity contribution in [1.82, 2.24) is 15.0 Å². The van der Waals surface area contributed by atoms with Crippen molar-refractivity contribution < 1.29 is 0 Å². The molecule has 0 saturated carbocycles. The van der Waals surface area contributed by atoms with Crippen molar-refractivity contribution in [2.24, 2.45) is 0 Å². The van der Waals surface area contributed by atoms with Crippen molar-refractivity contribution in [2.75, 3.05) is 0 Å². The molecule has 0 bridgehead atoms. The molecule has 0 spiro atoms. The second-order valence-electron chi connectivity index (χ2n) is 3.24. The highest BCUT2D eigenvalue weighted by Crippen LogP contribution is 2.15. The third-order valence-corrected chi connectivity index (χ3v) is 2.09. The smallest absolute Gasteiger partial charge is 0.106 e. The maximum absolute atomic E-state index is 4.30. The van der Waals surface area contributed by atoms with Gasteiger partial charge in [-0.3, -0.25) is 4.98 Å². The Morgan fingerprint density at radius 3 is 3.00 bits per heavy atom. The normalized spacial score (nSPS) is 10.4. The molecule has 0 saturated heterocycles. The zero-order chi connectivity index (χ0) is 9.80. The number of hydrogen-bond acceptors (Lipinski definition) is 2. The van der Waals surface area contributed by atoms with E-state index in [2.05, 4.69) is 21.9 Å². The highest BCUT2D eigenvalue weighted by molar-refractivity contribution is 5.56. The van der Waals surface area contributed by atoms with Gasteiger partial charge in [0.2, 0.25) is 0 Å². The molecule has 0 radical (unpaired) electrons. The van der Waals surface area contributed by atoms with Gasteiger partial charge in [-0.25, -0.2) is 4.98 Å². The van der Waals surface area contributed by atoms with Crippen LogP contribution in [-0.4, -0.2) is 15.0 Å². The fraction of sp³-hybridized carbons (Fsp3) is 0.273. The van der Waals surface area contributed by atoms with E-state index in [9.17, 15) is 0 Å². The number of nitrogens with one attached hydrogen (secondary N) is 1. The van der Waals surface area contributed by atoms with Gasteiger partial charge in [0.25, 0.3) is 0 Å². The Bertz CT molecular complexity index is 392. The zero-order valence-electron chi connectivity index (χ0n) is 8.20. The first-order valence-corrected chi connectivity index (χ1v) is 4.84. The number of rotatable bonds is 3. The van der Waals surface area contributed by atoms with Crippen LogP contribution in [0.15, 0.2) is 30.7 Å². The average molecular weight is 187 g/mol. The summed E-state index contributed by atoms with van der Waals surface area (Å²) in [6.45, 7) is 2.15. The summed E-state index contributed by atoms with van der Waals surface area (Å²) in [6, 6.07) is 3.95. The molecule has 0 fully saturated rings. The molecule has 0 aliphatic heterocycles. The Morgan fingerprint density at radius 2 is 2.29 bits per heavy atom. The maximum atomic E-state index is 4.30. The molecule has 0 aromatic carbocycles. The first kappa shape index (κ1) is 8.94. The molecule has 0 aliphatic carbocycles. The number of H-pyrrole nitrogens is 1. The van der Waals surface area contributed by atoms with Crippen LogP contribution in [0.3, 0.4) is 0 Å². The Labute approximate surface area is 83.2 Å². The maximum Gasteiger partial charge on any atom is 0.106 e. The van der Waals surface area contributed by atoms with Crippen LogP contribution in [-0.2, 0) is 6.42 Å². The SMILES string of the molecule is CCCc1ncc(-c2cccnc2)[nH]1. The molecule has 0 atom stereocenters. The largest absolute Gasteiger partial charge is 0.342 e. The summed E-state index contributed by atoms with van der Waals surface area (Å²) in [5.41, 5.74) is 2.13. The Kier molecular flexibility index (Phi) is 2.58. The summed E-state index contributed by atoms with van der Waals surface area (Å²) in [6.07, 6.45) is 7.58. The summed E-state index contributed by atoms with van der Waals surface area (Å²) in [5.74, 6) is 1.05. The van der Waals surface area contributed by atoms with Crippen LogP contribution in [0.2, 0.25) is 0 Å². The third-order valence-electron chi connectivity index (χ3n) is 2.09. The minimum absolute atomic E-state index is 1.00. The van der Waals surface area contributed by atoms with Gasteiger partial charge < -0.3 is 4.98 Å². The van der Waals surface area contributed by atoms with E-state index in [-0.39, 0.29) is 0 Å². The van der Waals surface area contributed by atoms with E-state index in [1.807, 2.05) is 24.5 Å². The van der Waals surface area contributed by atoms with E-state index in [0.717, 1.165) is 29.9 Å². The fourth-order valence-corrected chi connectivity index (χ4v) is 1.40. The van der Waals surface area contributed by atoms with Crippen molar-refractivity contribution in [1.29, 1.82) is 0 Å². The van der Waals surface area contributed by atoms with Crippen LogP contribution >= 0.6 is 0 Å². The molecule has 3 nitrogen and oxygen atoms in total. The summed E-state index contributed by atoms with van der Waals surface area (Å²) < 4.78 is 0. The van der Waals surface area contributed by atoms with E-state index in [1.165, 1.54) is 0 Å². The van der Waals surface area contributed by atoms with E-state index >= 15 is 0 Å². The van der Waals surface area contributed by atoms with Gasteiger partial charge in [-0.1, -0.05) is 6.92 Å². The van der Waals surface area contributed by atoms with Gasteiger partial charge in [0, 0.05) is 24.4 Å². The number of hydrogen-bond donors (Lipinski definition) is 1. The van der Waals surface area contributed by atoms with Gasteiger partial charge in [0.1, 0.15) is 5.82 Å². The molecule has 72 valence electrons. The number of nitrogens with zero attached hydrogens (tertiary/aromatic N) is 2. The lowest BCUT2D eigenvalue weighted by Gasteiger charge is -1.94. The Morgan fingerprint density at radius 1 is 1.36 bits per heavy atom. The van der Waals surface area contributed by atoms with Crippen molar-refractivity contribution >= 4 is 0 Å². The van der Waals surface area contributed by atoms with Gasteiger partial charge in [0.05, 0.1) is 11.9 Å². The molecule has 2 heterocycles. The summed E-state index contributed by atoms with van der Waals surface area (Å²) in [7, 11) is 0. The third kappa shape index (κ3) is 1.82. The highest BCUT2D eigenvalue weighted by Gasteiger charge is 2.01. The minimum Gasteiger partial charge on any atom is -0.342 e. The topological polar surface area (TPSA) is 41.6 Å². The average Bonchev–Trinajstić information content (AvgIpc) is 2.68. The Balaban J connectivity index is 2.25. The number of pyridine rings is 1. The van der Waals surface area contributed by atoms with Crippen molar-refractivity contribution in [3.8, 4) is 11.3 Å². The van der Waals surface area contributed by atoms with Crippen molar-refractivity contribution in [2.45, 2.75) is 19.8 Å². The van der Waals surface area contributed by atoms with Crippen LogP contribution < -0.4 is 0 Å².